The number of carbonyl (C=O) groups is 1. The van der Waals surface area contributed by atoms with Crippen molar-refractivity contribution in [3.05, 3.63) is 23.0 Å². The van der Waals surface area contributed by atoms with Crippen LogP contribution in [0.2, 0.25) is 0 Å². The number of aryl methyl sites for hydroxylation is 1. The summed E-state index contributed by atoms with van der Waals surface area (Å²) in [5.74, 6) is -0.110. The molecule has 0 aliphatic rings. The lowest BCUT2D eigenvalue weighted by atomic mass is 10.1. The molecule has 0 aliphatic carbocycles. The van der Waals surface area contributed by atoms with E-state index in [2.05, 4.69) is 21.4 Å². The second-order valence-corrected chi connectivity index (χ2v) is 8.08. The first kappa shape index (κ1) is 24.6. The summed E-state index contributed by atoms with van der Waals surface area (Å²) in [6.07, 6.45) is 11.2. The van der Waals surface area contributed by atoms with Gasteiger partial charge in [-0.05, 0) is 13.3 Å². The van der Waals surface area contributed by atoms with Crippen molar-refractivity contribution >= 4 is 20.2 Å². The number of Topliss-reactive ketones (excluding diaryl/α,β-unsaturated/α-hetero) is 1. The number of aromatic nitrogens is 1. The highest BCUT2D eigenvalue weighted by Gasteiger charge is 2.33. The Kier molecular flexibility index (Phi) is 11.3. The van der Waals surface area contributed by atoms with Crippen molar-refractivity contribution in [1.29, 1.82) is 0 Å². The van der Waals surface area contributed by atoms with Gasteiger partial charge in [-0.3, -0.25) is 14.8 Å². The Hall–Kier alpha value is -1.44. The molecule has 1 rings (SSSR count). The molecule has 0 amide bonds. The third-order valence-electron chi connectivity index (χ3n) is 4.30. The molecule has 0 unspecified atom stereocenters. The average molecular weight is 415 g/mol. The van der Waals surface area contributed by atoms with Crippen molar-refractivity contribution in [3.63, 3.8) is 0 Å². The fourth-order valence-corrected chi connectivity index (χ4v) is 2.98. The molecule has 0 spiro atoms. The van der Waals surface area contributed by atoms with Gasteiger partial charge in [-0.25, -0.2) is 0 Å². The summed E-state index contributed by atoms with van der Waals surface area (Å²) in [7, 11) is -4.40. The summed E-state index contributed by atoms with van der Waals surface area (Å²) in [6.45, 7) is 3.42. The molecule has 1 aromatic rings. The van der Waals surface area contributed by atoms with Gasteiger partial charge in [0.1, 0.15) is 12.4 Å². The van der Waals surface area contributed by atoms with Crippen molar-refractivity contribution in [2.45, 2.75) is 71.8 Å². The predicted octanol–water partition coefficient (Wildman–Crippen LogP) is 3.40. The number of aromatic hydroxyl groups is 1. The average Bonchev–Trinajstić information content (AvgIpc) is 2.63. The Labute approximate surface area is 167 Å². The van der Waals surface area contributed by atoms with Gasteiger partial charge in [0.2, 0.25) is 0 Å². The van der Waals surface area contributed by atoms with Crippen molar-refractivity contribution < 1.29 is 29.1 Å². The largest absolute Gasteiger partial charge is 0.567 e. The van der Waals surface area contributed by atoms with Gasteiger partial charge in [0.05, 0.1) is 12.2 Å². The van der Waals surface area contributed by atoms with E-state index in [9.17, 15) is 9.90 Å². The van der Waals surface area contributed by atoms with E-state index in [1.165, 1.54) is 38.1 Å². The van der Waals surface area contributed by atoms with Crippen LogP contribution in [0.4, 0.5) is 0 Å². The van der Waals surface area contributed by atoms with Gasteiger partial charge in [0.25, 0.3) is 0 Å². The van der Waals surface area contributed by atoms with Gasteiger partial charge in [0, 0.05) is 30.0 Å². The van der Waals surface area contributed by atoms with E-state index in [0.717, 1.165) is 19.3 Å². The molecule has 0 bridgehead atoms. The Bertz CT molecular complexity index is 646. The van der Waals surface area contributed by atoms with Gasteiger partial charge in [0.15, 0.2) is 5.78 Å². The zero-order valence-corrected chi connectivity index (χ0v) is 17.6. The van der Waals surface area contributed by atoms with Gasteiger partial charge in [-0.15, -0.1) is 4.52 Å². The molecule has 1 heterocycles. The summed E-state index contributed by atoms with van der Waals surface area (Å²) >= 11 is 0. The molecule has 0 aromatic carbocycles. The van der Waals surface area contributed by atoms with E-state index in [4.69, 9.17) is 14.7 Å². The standard InChI is InChI=1S/C19H31N2O6P/c1-3-4-5-6-7-8-9-10-17(22)12-20-13-18-16(14-27-28(24,25)26)11-21-15(2)19(18)23/h11,13,24-26H,3-10,12,14H2,1-2H3/p+1. The molecule has 0 saturated carbocycles. The Morgan fingerprint density at radius 3 is 2.46 bits per heavy atom. The molecular weight excluding hydrogens is 383 g/mol. The highest BCUT2D eigenvalue weighted by atomic mass is 31.2. The molecule has 0 radical (unpaired) electrons. The molecule has 4 N–H and O–H groups in total. The first-order chi connectivity index (χ1) is 13.2. The summed E-state index contributed by atoms with van der Waals surface area (Å²) in [6, 6.07) is 0. The van der Waals surface area contributed by atoms with Crippen LogP contribution in [-0.4, -0.2) is 43.3 Å². The van der Waals surface area contributed by atoms with Gasteiger partial charge < -0.3 is 5.11 Å². The van der Waals surface area contributed by atoms with Crippen LogP contribution >= 0.6 is 8.17 Å². The van der Waals surface area contributed by atoms with Crippen LogP contribution < -0.4 is 0 Å². The van der Waals surface area contributed by atoms with E-state index >= 15 is 0 Å². The number of aliphatic imine (C=N–C) groups is 1. The van der Waals surface area contributed by atoms with Gasteiger partial charge in [-0.2, -0.15) is 14.7 Å². The van der Waals surface area contributed by atoms with Crippen LogP contribution in [-0.2, 0) is 15.9 Å². The minimum atomic E-state index is -4.40. The van der Waals surface area contributed by atoms with Crippen LogP contribution in [0.5, 0.6) is 5.75 Å². The van der Waals surface area contributed by atoms with Crippen LogP contribution in [0.15, 0.2) is 11.2 Å². The third kappa shape index (κ3) is 10.2. The molecule has 0 fully saturated rings. The van der Waals surface area contributed by atoms with Crippen molar-refractivity contribution in [2.75, 3.05) is 6.54 Å². The number of pyridine rings is 1. The lowest BCUT2D eigenvalue weighted by Gasteiger charge is -2.09. The molecule has 9 heteroatoms. The number of carbonyl (C=O) groups excluding carboxylic acids is 1. The number of hydrogen-bond acceptors (Lipinski definition) is 8. The Balaban J connectivity index is 2.51. The predicted molar refractivity (Wildman–Crippen MR) is 109 cm³/mol. The second kappa shape index (κ2) is 12.9. The monoisotopic (exact) mass is 415 g/mol. The summed E-state index contributed by atoms with van der Waals surface area (Å²) < 4.78 is 4.58. The van der Waals surface area contributed by atoms with Gasteiger partial charge >= 0.3 is 8.17 Å². The zero-order chi connectivity index (χ0) is 21.0. The molecule has 0 atom stereocenters. The minimum absolute atomic E-state index is 0.00782. The first-order valence-corrected chi connectivity index (χ1v) is 11.2. The molecule has 28 heavy (non-hydrogen) atoms. The topological polar surface area (TPSA) is 132 Å². The molecule has 0 saturated heterocycles. The molecular formula is C19H32N2O6P+. The van der Waals surface area contributed by atoms with Crippen molar-refractivity contribution in [1.82, 2.24) is 4.98 Å². The fraction of sp³-hybridized carbons (Fsp3) is 0.632. The maximum absolute atomic E-state index is 12.0. The number of hydrogen-bond donors (Lipinski definition) is 4. The molecule has 8 nitrogen and oxygen atoms in total. The van der Waals surface area contributed by atoms with Crippen molar-refractivity contribution in [3.8, 4) is 5.75 Å². The SMILES string of the molecule is CCCCCCCCCC(=O)CN=Cc1c(CO[P+](O)(O)O)cnc(C)c1O. The zero-order valence-electron chi connectivity index (χ0n) is 16.7. The highest BCUT2D eigenvalue weighted by Crippen LogP contribution is 2.46. The smallest absolute Gasteiger partial charge is 0.505 e. The molecule has 0 aliphatic heterocycles. The van der Waals surface area contributed by atoms with E-state index in [1.54, 1.807) is 6.92 Å². The Morgan fingerprint density at radius 1 is 1.18 bits per heavy atom. The molecule has 158 valence electrons. The van der Waals surface area contributed by atoms with Crippen LogP contribution in [0, 0.1) is 6.92 Å². The summed E-state index contributed by atoms with van der Waals surface area (Å²) in [5.41, 5.74) is 0.940. The number of rotatable bonds is 14. The summed E-state index contributed by atoms with van der Waals surface area (Å²) in [4.78, 5) is 46.8. The Morgan fingerprint density at radius 2 is 1.82 bits per heavy atom. The van der Waals surface area contributed by atoms with Crippen LogP contribution in [0.25, 0.3) is 0 Å². The highest BCUT2D eigenvalue weighted by molar-refractivity contribution is 7.53. The van der Waals surface area contributed by atoms with E-state index in [-0.39, 0.29) is 30.2 Å². The minimum Gasteiger partial charge on any atom is -0.505 e. The van der Waals surface area contributed by atoms with Crippen molar-refractivity contribution in [2.24, 2.45) is 4.99 Å². The van der Waals surface area contributed by atoms with E-state index in [1.807, 2.05) is 0 Å². The second-order valence-electron chi connectivity index (χ2n) is 6.80. The maximum Gasteiger partial charge on any atom is 0.567 e. The third-order valence-corrected chi connectivity index (χ3v) is 4.77. The lowest BCUT2D eigenvalue weighted by molar-refractivity contribution is -0.117. The normalized spacial score (nSPS) is 12.0. The molecule has 1 aromatic heterocycles. The van der Waals surface area contributed by atoms with E-state index < -0.39 is 8.17 Å². The van der Waals surface area contributed by atoms with Crippen LogP contribution in [0.3, 0.4) is 0 Å². The quantitative estimate of drug-likeness (QED) is 0.208. The summed E-state index contributed by atoms with van der Waals surface area (Å²) in [5, 5.41) is 10.2. The van der Waals surface area contributed by atoms with Gasteiger partial charge in [-0.1, -0.05) is 45.4 Å². The lowest BCUT2D eigenvalue weighted by Crippen LogP contribution is -2.05. The first-order valence-electron chi connectivity index (χ1n) is 9.65. The van der Waals surface area contributed by atoms with Crippen LogP contribution in [0.1, 0.15) is 75.1 Å². The number of nitrogens with zero attached hydrogens (tertiary/aromatic N) is 2. The maximum atomic E-state index is 12.0. The van der Waals surface area contributed by atoms with E-state index in [0.29, 0.717) is 17.7 Å². The number of unbranched alkanes of at least 4 members (excludes halogenated alkanes) is 6. The fourth-order valence-electron chi connectivity index (χ4n) is 2.66. The number of ketones is 1.